The number of benzene rings is 1. The lowest BCUT2D eigenvalue weighted by atomic mass is 10.0. The zero-order valence-corrected chi connectivity index (χ0v) is 12.1. The lowest BCUT2D eigenvalue weighted by Crippen LogP contribution is -2.19. The molecular formula is C12H9BrF6O2. The van der Waals surface area contributed by atoms with Crippen LogP contribution in [0, 0.1) is 0 Å². The molecule has 0 saturated heterocycles. The van der Waals surface area contributed by atoms with E-state index in [4.69, 9.17) is 0 Å². The molecule has 0 bridgehead atoms. The van der Waals surface area contributed by atoms with E-state index in [0.29, 0.717) is 12.1 Å². The number of rotatable bonds is 3. The highest BCUT2D eigenvalue weighted by atomic mass is 79.9. The molecule has 0 heterocycles. The highest BCUT2D eigenvalue weighted by Crippen LogP contribution is 2.36. The summed E-state index contributed by atoms with van der Waals surface area (Å²) in [7, 11) is 1.06. The van der Waals surface area contributed by atoms with Crippen molar-refractivity contribution in [1.29, 1.82) is 0 Å². The van der Waals surface area contributed by atoms with Gasteiger partial charge in [-0.1, -0.05) is 15.9 Å². The molecule has 9 heteroatoms. The van der Waals surface area contributed by atoms with Crippen LogP contribution in [0.25, 0.3) is 0 Å². The highest BCUT2D eigenvalue weighted by molar-refractivity contribution is 9.10. The summed E-state index contributed by atoms with van der Waals surface area (Å²) in [6.45, 7) is 0. The van der Waals surface area contributed by atoms with Gasteiger partial charge in [-0.2, -0.15) is 26.3 Å². The van der Waals surface area contributed by atoms with E-state index in [9.17, 15) is 31.1 Å². The van der Waals surface area contributed by atoms with Gasteiger partial charge in [0.2, 0.25) is 0 Å². The fourth-order valence-electron chi connectivity index (χ4n) is 1.56. The van der Waals surface area contributed by atoms with Crippen molar-refractivity contribution in [3.05, 3.63) is 34.9 Å². The van der Waals surface area contributed by atoms with Crippen molar-refractivity contribution in [2.24, 2.45) is 0 Å². The average Bonchev–Trinajstić information content (AvgIpc) is 2.35. The Bertz CT molecular complexity index is 491. The third-order valence-corrected chi connectivity index (χ3v) is 3.22. The number of hydrogen-bond donors (Lipinski definition) is 0. The van der Waals surface area contributed by atoms with Gasteiger partial charge in [0.05, 0.1) is 18.2 Å². The summed E-state index contributed by atoms with van der Waals surface area (Å²) < 4.78 is 80.1. The summed E-state index contributed by atoms with van der Waals surface area (Å²) in [6, 6.07) is 1.18. The molecule has 0 aliphatic carbocycles. The van der Waals surface area contributed by atoms with Crippen LogP contribution in [0.3, 0.4) is 0 Å². The maximum absolute atomic E-state index is 12.6. The summed E-state index contributed by atoms with van der Waals surface area (Å²) in [5, 5.41) is 0. The van der Waals surface area contributed by atoms with Gasteiger partial charge in [-0.15, -0.1) is 0 Å². The van der Waals surface area contributed by atoms with Crippen LogP contribution < -0.4 is 0 Å². The van der Waals surface area contributed by atoms with E-state index in [1.54, 1.807) is 0 Å². The van der Waals surface area contributed by atoms with Crippen LogP contribution in [-0.2, 0) is 28.3 Å². The first-order valence-corrected chi connectivity index (χ1v) is 6.37. The summed E-state index contributed by atoms with van der Waals surface area (Å²) in [4.78, 5) is 10.1. The summed E-state index contributed by atoms with van der Waals surface area (Å²) in [5.74, 6) is -0.791. The molecule has 1 aromatic rings. The first-order chi connectivity index (χ1) is 9.45. The van der Waals surface area contributed by atoms with Gasteiger partial charge in [-0.25, -0.2) is 0 Å². The van der Waals surface area contributed by atoms with Gasteiger partial charge in [0.1, 0.15) is 4.83 Å². The normalized spacial score (nSPS) is 13.9. The number of alkyl halides is 7. The van der Waals surface area contributed by atoms with E-state index in [2.05, 4.69) is 20.7 Å². The fourth-order valence-corrected chi connectivity index (χ4v) is 2.12. The Morgan fingerprint density at radius 1 is 1.10 bits per heavy atom. The number of halogens is 7. The van der Waals surface area contributed by atoms with E-state index < -0.39 is 34.3 Å². The quantitative estimate of drug-likeness (QED) is 0.447. The maximum atomic E-state index is 12.6. The van der Waals surface area contributed by atoms with Gasteiger partial charge in [0.25, 0.3) is 0 Å². The molecule has 0 aliphatic rings. The van der Waals surface area contributed by atoms with Crippen LogP contribution >= 0.6 is 15.9 Å². The van der Waals surface area contributed by atoms with Gasteiger partial charge in [-0.3, -0.25) is 4.79 Å². The average molecular weight is 379 g/mol. The number of carbonyl (C=O) groups excluding carboxylic acids is 1. The van der Waals surface area contributed by atoms with Crippen molar-refractivity contribution in [3.8, 4) is 0 Å². The van der Waals surface area contributed by atoms with Gasteiger partial charge in [0.15, 0.2) is 0 Å². The van der Waals surface area contributed by atoms with Crippen molar-refractivity contribution in [3.63, 3.8) is 0 Å². The Labute approximate surface area is 124 Å². The van der Waals surface area contributed by atoms with Crippen molar-refractivity contribution < 1.29 is 35.9 Å². The molecule has 21 heavy (non-hydrogen) atoms. The molecule has 0 aromatic heterocycles. The molecule has 1 aromatic carbocycles. The predicted molar refractivity (Wildman–Crippen MR) is 64.9 cm³/mol. The molecule has 0 spiro atoms. The van der Waals surface area contributed by atoms with Crippen molar-refractivity contribution in [2.75, 3.05) is 7.11 Å². The van der Waals surface area contributed by atoms with Gasteiger partial charge in [-0.05, 0) is 30.2 Å². The minimum Gasteiger partial charge on any atom is -0.468 e. The minimum absolute atomic E-state index is 0.0326. The fraction of sp³-hybridized carbons (Fsp3) is 0.417. The second kappa shape index (κ2) is 6.25. The number of methoxy groups -OCH3 is 1. The smallest absolute Gasteiger partial charge is 0.416 e. The van der Waals surface area contributed by atoms with Crippen LogP contribution in [-0.4, -0.2) is 17.9 Å². The SMILES string of the molecule is COC(=O)C(Br)Cc1cc(C(F)(F)F)cc(C(F)(F)F)c1. The van der Waals surface area contributed by atoms with Crippen LogP contribution in [0.1, 0.15) is 16.7 Å². The first-order valence-electron chi connectivity index (χ1n) is 5.45. The summed E-state index contributed by atoms with van der Waals surface area (Å²) in [6.07, 6.45) is -10.2. The number of carbonyl (C=O) groups is 1. The summed E-state index contributed by atoms with van der Waals surface area (Å²) >= 11 is 2.85. The monoisotopic (exact) mass is 378 g/mol. The predicted octanol–water partition coefficient (Wildman–Crippen LogP) is 4.20. The second-order valence-electron chi connectivity index (χ2n) is 4.11. The van der Waals surface area contributed by atoms with E-state index in [-0.39, 0.29) is 18.1 Å². The zero-order valence-electron chi connectivity index (χ0n) is 10.5. The lowest BCUT2D eigenvalue weighted by Gasteiger charge is -2.15. The van der Waals surface area contributed by atoms with Crippen LogP contribution in [0.4, 0.5) is 26.3 Å². The maximum Gasteiger partial charge on any atom is 0.416 e. The largest absolute Gasteiger partial charge is 0.468 e. The first kappa shape index (κ1) is 17.8. The Morgan fingerprint density at radius 3 is 1.86 bits per heavy atom. The molecule has 2 nitrogen and oxygen atoms in total. The molecule has 1 rings (SSSR count). The molecule has 0 saturated carbocycles. The third kappa shape index (κ3) is 4.90. The Hall–Kier alpha value is -1.25. The molecule has 0 radical (unpaired) electrons. The standard InChI is InChI=1S/C12H9BrF6O2/c1-21-10(20)9(13)4-6-2-7(11(14,15)16)5-8(3-6)12(17,18)19/h2-3,5,9H,4H2,1H3. The second-order valence-corrected chi connectivity index (χ2v) is 5.21. The van der Waals surface area contributed by atoms with E-state index in [0.717, 1.165) is 7.11 Å². The van der Waals surface area contributed by atoms with Gasteiger partial charge in [0, 0.05) is 0 Å². The lowest BCUT2D eigenvalue weighted by molar-refractivity contribution is -0.143. The highest BCUT2D eigenvalue weighted by Gasteiger charge is 2.37. The molecule has 0 N–H and O–H groups in total. The van der Waals surface area contributed by atoms with Crippen LogP contribution in [0.2, 0.25) is 0 Å². The van der Waals surface area contributed by atoms with Gasteiger partial charge < -0.3 is 4.74 Å². The molecule has 1 unspecified atom stereocenters. The minimum atomic E-state index is -4.91. The molecule has 1 atom stereocenters. The molecular weight excluding hydrogens is 370 g/mol. The van der Waals surface area contributed by atoms with Crippen LogP contribution in [0.5, 0.6) is 0 Å². The summed E-state index contributed by atoms with van der Waals surface area (Å²) in [5.41, 5.74) is -3.11. The third-order valence-electron chi connectivity index (χ3n) is 2.52. The van der Waals surface area contributed by atoms with E-state index in [1.807, 2.05) is 0 Å². The molecule has 118 valence electrons. The number of esters is 1. The Kier molecular flexibility index (Phi) is 5.30. The Balaban J connectivity index is 3.23. The number of hydrogen-bond acceptors (Lipinski definition) is 2. The van der Waals surface area contributed by atoms with Crippen molar-refractivity contribution >= 4 is 21.9 Å². The van der Waals surface area contributed by atoms with Crippen LogP contribution in [0.15, 0.2) is 18.2 Å². The molecule has 0 aliphatic heterocycles. The zero-order chi connectivity index (χ0) is 16.4. The van der Waals surface area contributed by atoms with E-state index in [1.165, 1.54) is 0 Å². The molecule has 0 fully saturated rings. The van der Waals surface area contributed by atoms with Crippen molar-refractivity contribution in [2.45, 2.75) is 23.6 Å². The van der Waals surface area contributed by atoms with E-state index >= 15 is 0 Å². The van der Waals surface area contributed by atoms with Crippen molar-refractivity contribution in [1.82, 2.24) is 0 Å². The Morgan fingerprint density at radius 2 is 1.52 bits per heavy atom. The van der Waals surface area contributed by atoms with Gasteiger partial charge >= 0.3 is 18.3 Å². The molecule has 0 amide bonds. The number of ether oxygens (including phenoxy) is 1. The topological polar surface area (TPSA) is 26.3 Å².